The average Bonchev–Trinajstić information content (AvgIpc) is 3.54. The fourth-order valence-electron chi connectivity index (χ4n) is 5.19. The van der Waals surface area contributed by atoms with Crippen molar-refractivity contribution >= 4 is 22.7 Å². The predicted octanol–water partition coefficient (Wildman–Crippen LogP) is 5.19. The first-order valence-corrected chi connectivity index (χ1v) is 12.0. The molecular weight excluding hydrogens is 450 g/mol. The third-order valence-electron chi connectivity index (χ3n) is 6.83. The van der Waals surface area contributed by atoms with Gasteiger partial charge in [-0.05, 0) is 34.9 Å². The lowest BCUT2D eigenvalue weighted by Crippen LogP contribution is -2.38. The summed E-state index contributed by atoms with van der Waals surface area (Å²) in [6.45, 7) is 0.118. The van der Waals surface area contributed by atoms with Gasteiger partial charge in [0.15, 0.2) is 0 Å². The monoisotopic (exact) mass is 475 g/mol. The molecule has 178 valence electrons. The highest BCUT2D eigenvalue weighted by Gasteiger charge is 2.40. The van der Waals surface area contributed by atoms with Gasteiger partial charge in [0.25, 0.3) is 0 Å². The Morgan fingerprint density at radius 1 is 0.833 bits per heavy atom. The van der Waals surface area contributed by atoms with Gasteiger partial charge in [0.05, 0.1) is 24.9 Å². The second-order valence-corrected chi connectivity index (χ2v) is 8.91. The Kier molecular flexibility index (Phi) is 5.51. The summed E-state index contributed by atoms with van der Waals surface area (Å²) >= 11 is 0. The maximum absolute atomic E-state index is 12.4. The van der Waals surface area contributed by atoms with E-state index in [1.54, 1.807) is 4.90 Å². The molecule has 1 aliphatic heterocycles. The van der Waals surface area contributed by atoms with E-state index in [0.717, 1.165) is 27.6 Å². The number of anilines is 1. The van der Waals surface area contributed by atoms with E-state index >= 15 is 0 Å². The summed E-state index contributed by atoms with van der Waals surface area (Å²) in [7, 11) is 0. The number of aliphatic hydroxyl groups is 1. The average molecular weight is 476 g/mol. The van der Waals surface area contributed by atoms with Crippen molar-refractivity contribution in [3.8, 4) is 0 Å². The van der Waals surface area contributed by atoms with Gasteiger partial charge in [-0.2, -0.15) is 5.10 Å². The molecule has 0 saturated carbocycles. The first kappa shape index (κ1) is 22.1. The zero-order chi connectivity index (χ0) is 24.5. The van der Waals surface area contributed by atoms with Crippen LogP contribution in [0.2, 0.25) is 0 Å². The highest BCUT2D eigenvalue weighted by molar-refractivity contribution is 5.93. The molecule has 5 aromatic rings. The molecule has 6 heteroatoms. The first-order chi connectivity index (χ1) is 17.7. The third kappa shape index (κ3) is 3.46. The van der Waals surface area contributed by atoms with E-state index in [1.807, 2.05) is 42.6 Å². The van der Waals surface area contributed by atoms with Gasteiger partial charge in [-0.3, -0.25) is 4.90 Å². The predicted molar refractivity (Wildman–Crippen MR) is 139 cm³/mol. The lowest BCUT2D eigenvalue weighted by atomic mass is 9.77. The highest BCUT2D eigenvalue weighted by atomic mass is 16.6. The van der Waals surface area contributed by atoms with Crippen LogP contribution in [0.15, 0.2) is 115 Å². The normalized spacial score (nSPS) is 15.9. The Morgan fingerprint density at radius 3 is 1.89 bits per heavy atom. The fraction of sp³-hybridized carbons (Fsp3) is 0.133. The van der Waals surface area contributed by atoms with Gasteiger partial charge in [-0.1, -0.05) is 91.0 Å². The quantitative estimate of drug-likeness (QED) is 0.343. The van der Waals surface area contributed by atoms with Gasteiger partial charge in [0, 0.05) is 11.1 Å². The smallest absolute Gasteiger partial charge is 0.414 e. The number of aliphatic hydroxyl groups excluding tert-OH is 1. The molecule has 1 atom stereocenters. The van der Waals surface area contributed by atoms with Crippen molar-refractivity contribution in [3.63, 3.8) is 0 Å². The molecule has 0 radical (unpaired) electrons. The summed E-state index contributed by atoms with van der Waals surface area (Å²) in [5.74, 6) is 0. The molecule has 0 bridgehead atoms. The van der Waals surface area contributed by atoms with Crippen LogP contribution in [0.25, 0.3) is 10.9 Å². The maximum atomic E-state index is 12.4. The highest BCUT2D eigenvalue weighted by Crippen LogP contribution is 2.42. The number of fused-ring (bicyclic) bond motifs is 1. The number of amides is 1. The van der Waals surface area contributed by atoms with Gasteiger partial charge >= 0.3 is 6.09 Å². The second kappa shape index (κ2) is 8.98. The SMILES string of the molecule is O=C1O[C@@H](CO)CN1c1ccc2c(cnn2C(c2ccccc2)(c2ccccc2)c2ccccc2)c1. The number of carbonyl (C=O) groups excluding carboxylic acids is 1. The van der Waals surface area contributed by atoms with Gasteiger partial charge in [-0.25, -0.2) is 9.48 Å². The summed E-state index contributed by atoms with van der Waals surface area (Å²) in [6.07, 6.45) is 0.874. The fourth-order valence-corrected chi connectivity index (χ4v) is 5.19. The second-order valence-electron chi connectivity index (χ2n) is 8.91. The largest absolute Gasteiger partial charge is 0.441 e. The minimum absolute atomic E-state index is 0.198. The summed E-state index contributed by atoms with van der Waals surface area (Å²) in [4.78, 5) is 13.9. The van der Waals surface area contributed by atoms with Crippen molar-refractivity contribution in [2.45, 2.75) is 11.6 Å². The van der Waals surface area contributed by atoms with E-state index in [-0.39, 0.29) is 6.61 Å². The van der Waals surface area contributed by atoms with Crippen LogP contribution in [0.5, 0.6) is 0 Å². The summed E-state index contributed by atoms with van der Waals surface area (Å²) in [5, 5.41) is 15.3. The number of hydrogen-bond acceptors (Lipinski definition) is 4. The molecule has 4 aromatic carbocycles. The first-order valence-electron chi connectivity index (χ1n) is 12.0. The number of cyclic esters (lactones) is 1. The molecule has 1 fully saturated rings. The maximum Gasteiger partial charge on any atom is 0.414 e. The van der Waals surface area contributed by atoms with Crippen LogP contribution < -0.4 is 4.90 Å². The molecular formula is C30H25N3O3. The van der Waals surface area contributed by atoms with Gasteiger partial charge in [-0.15, -0.1) is 0 Å². The van der Waals surface area contributed by atoms with E-state index < -0.39 is 17.7 Å². The molecule has 1 saturated heterocycles. The molecule has 1 aromatic heterocycles. The third-order valence-corrected chi connectivity index (χ3v) is 6.83. The van der Waals surface area contributed by atoms with Crippen LogP contribution in [0.1, 0.15) is 16.7 Å². The molecule has 1 N–H and O–H groups in total. The Bertz CT molecular complexity index is 1400. The minimum atomic E-state index is -0.721. The summed E-state index contributed by atoms with van der Waals surface area (Å²) in [5.41, 5.74) is 4.19. The van der Waals surface area contributed by atoms with Crippen molar-refractivity contribution in [2.24, 2.45) is 0 Å². The molecule has 0 unspecified atom stereocenters. The number of hydrogen-bond donors (Lipinski definition) is 1. The number of nitrogens with zero attached hydrogens (tertiary/aromatic N) is 3. The molecule has 0 aliphatic carbocycles. The van der Waals surface area contributed by atoms with E-state index in [9.17, 15) is 9.90 Å². The number of carbonyl (C=O) groups is 1. The van der Waals surface area contributed by atoms with E-state index in [2.05, 4.69) is 77.5 Å². The number of aromatic nitrogens is 2. The van der Waals surface area contributed by atoms with E-state index in [1.165, 1.54) is 0 Å². The Labute approximate surface area is 209 Å². The molecule has 6 rings (SSSR count). The van der Waals surface area contributed by atoms with Crippen LogP contribution in [-0.4, -0.2) is 40.2 Å². The van der Waals surface area contributed by atoms with Crippen LogP contribution >= 0.6 is 0 Å². The zero-order valence-corrected chi connectivity index (χ0v) is 19.6. The minimum Gasteiger partial charge on any atom is -0.441 e. The zero-order valence-electron chi connectivity index (χ0n) is 19.6. The molecule has 2 heterocycles. The Hall–Kier alpha value is -4.42. The molecule has 1 amide bonds. The van der Waals surface area contributed by atoms with Gasteiger partial charge < -0.3 is 9.84 Å². The van der Waals surface area contributed by atoms with Crippen molar-refractivity contribution < 1.29 is 14.6 Å². The molecule has 0 spiro atoms. The van der Waals surface area contributed by atoms with Crippen molar-refractivity contribution in [1.29, 1.82) is 0 Å². The molecule has 6 nitrogen and oxygen atoms in total. The van der Waals surface area contributed by atoms with Crippen molar-refractivity contribution in [2.75, 3.05) is 18.1 Å². The summed E-state index contributed by atoms with van der Waals surface area (Å²) < 4.78 is 7.31. The Balaban J connectivity index is 1.59. The Morgan fingerprint density at radius 2 is 1.39 bits per heavy atom. The van der Waals surface area contributed by atoms with Gasteiger partial charge in [0.1, 0.15) is 11.6 Å². The van der Waals surface area contributed by atoms with Crippen LogP contribution in [0.4, 0.5) is 10.5 Å². The number of ether oxygens (including phenoxy) is 1. The van der Waals surface area contributed by atoms with Crippen molar-refractivity contribution in [1.82, 2.24) is 9.78 Å². The van der Waals surface area contributed by atoms with E-state index in [4.69, 9.17) is 9.84 Å². The van der Waals surface area contributed by atoms with Crippen LogP contribution in [-0.2, 0) is 10.3 Å². The molecule has 36 heavy (non-hydrogen) atoms. The number of benzene rings is 4. The molecule has 1 aliphatic rings. The summed E-state index contributed by atoms with van der Waals surface area (Å²) in [6, 6.07) is 37.0. The topological polar surface area (TPSA) is 67.6 Å². The lowest BCUT2D eigenvalue weighted by Gasteiger charge is -2.37. The van der Waals surface area contributed by atoms with Crippen molar-refractivity contribution in [3.05, 3.63) is 132 Å². The lowest BCUT2D eigenvalue weighted by molar-refractivity contribution is 0.0963. The standard InChI is InChI=1S/C30H25N3O3/c34-21-27-20-32(29(35)36-27)26-16-17-28-22(18-26)19-31-33(28)30(23-10-4-1-5-11-23,24-12-6-2-7-13-24)25-14-8-3-9-15-25/h1-19,27,34H,20-21H2/t27-/m1/s1. The van der Waals surface area contributed by atoms with Crippen LogP contribution in [0.3, 0.4) is 0 Å². The van der Waals surface area contributed by atoms with E-state index in [0.29, 0.717) is 12.2 Å². The van der Waals surface area contributed by atoms with Gasteiger partial charge in [0.2, 0.25) is 0 Å². The van der Waals surface area contributed by atoms with Crippen LogP contribution in [0, 0.1) is 0 Å². The number of rotatable bonds is 6.